The fraction of sp³-hybridized carbons (Fsp3) is 0.385. The number of amides is 1. The highest BCUT2D eigenvalue weighted by Gasteiger charge is 2.41. The Balaban J connectivity index is 5.23. The molecule has 19 heavy (non-hydrogen) atoms. The van der Waals surface area contributed by atoms with Gasteiger partial charge < -0.3 is 5.32 Å². The Morgan fingerprint density at radius 2 is 1.63 bits per heavy atom. The molecular weight excluding hydrogens is 259 g/mol. The van der Waals surface area contributed by atoms with E-state index in [4.69, 9.17) is 0 Å². The molecule has 1 amide bonds. The summed E-state index contributed by atoms with van der Waals surface area (Å²) in [6.07, 6.45) is -2.79. The Morgan fingerprint density at radius 1 is 1.16 bits per heavy atom. The number of hydrogen-bond donors (Lipinski definition) is 1. The van der Waals surface area contributed by atoms with Gasteiger partial charge in [-0.1, -0.05) is 40.0 Å². The average molecular weight is 275 g/mol. The molecule has 0 aromatic rings. The van der Waals surface area contributed by atoms with Crippen molar-refractivity contribution in [3.8, 4) is 0 Å². The maximum atomic E-state index is 12.3. The van der Waals surface area contributed by atoms with Crippen molar-refractivity contribution in [1.29, 1.82) is 0 Å². The molecule has 0 aromatic carbocycles. The maximum Gasteiger partial charge on any atom is 0.454 e. The number of carbonyl (C=O) groups excluding carboxylic acids is 2. The van der Waals surface area contributed by atoms with Gasteiger partial charge in [0, 0.05) is 11.0 Å². The van der Waals surface area contributed by atoms with E-state index in [2.05, 4.69) is 18.5 Å². The van der Waals surface area contributed by atoms with E-state index in [-0.39, 0.29) is 5.70 Å². The van der Waals surface area contributed by atoms with E-state index < -0.39 is 28.9 Å². The predicted molar refractivity (Wildman–Crippen MR) is 66.1 cm³/mol. The van der Waals surface area contributed by atoms with E-state index in [0.717, 1.165) is 12.2 Å². The molecule has 0 aliphatic rings. The van der Waals surface area contributed by atoms with Crippen LogP contribution in [0.5, 0.6) is 0 Å². The second-order valence-electron chi connectivity index (χ2n) is 4.83. The first kappa shape index (κ1) is 17.2. The first-order valence-electron chi connectivity index (χ1n) is 5.36. The Kier molecular flexibility index (Phi) is 5.29. The number of halogens is 3. The molecule has 0 saturated carbocycles. The molecular formula is C13H16F3NO2. The van der Waals surface area contributed by atoms with Crippen LogP contribution >= 0.6 is 0 Å². The summed E-state index contributed by atoms with van der Waals surface area (Å²) >= 11 is 0. The maximum absolute atomic E-state index is 12.3. The van der Waals surface area contributed by atoms with Crippen LogP contribution in [0.3, 0.4) is 0 Å². The lowest BCUT2D eigenvalue weighted by molar-refractivity contribution is -0.166. The van der Waals surface area contributed by atoms with Gasteiger partial charge in [-0.2, -0.15) is 13.2 Å². The third-order valence-electron chi connectivity index (χ3n) is 2.07. The van der Waals surface area contributed by atoms with Gasteiger partial charge in [0.05, 0.1) is 5.70 Å². The Morgan fingerprint density at radius 3 is 1.95 bits per heavy atom. The van der Waals surface area contributed by atoms with Gasteiger partial charge in [0.15, 0.2) is 0 Å². The lowest BCUT2D eigenvalue weighted by Gasteiger charge is -2.20. The van der Waals surface area contributed by atoms with Gasteiger partial charge >= 0.3 is 6.18 Å². The molecule has 0 spiro atoms. The van der Waals surface area contributed by atoms with Gasteiger partial charge in [-0.3, -0.25) is 9.59 Å². The van der Waals surface area contributed by atoms with Crippen molar-refractivity contribution < 1.29 is 22.8 Å². The van der Waals surface area contributed by atoms with Crippen LogP contribution in [0.4, 0.5) is 13.2 Å². The largest absolute Gasteiger partial charge is 0.454 e. The van der Waals surface area contributed by atoms with Crippen LogP contribution in [0, 0.1) is 5.41 Å². The van der Waals surface area contributed by atoms with E-state index in [1.54, 1.807) is 20.8 Å². The molecule has 0 rings (SSSR count). The van der Waals surface area contributed by atoms with Crippen molar-refractivity contribution in [2.45, 2.75) is 26.9 Å². The highest BCUT2D eigenvalue weighted by molar-refractivity contribution is 6.03. The Hall–Kier alpha value is -1.85. The smallest absolute Gasteiger partial charge is 0.325 e. The molecule has 3 nitrogen and oxygen atoms in total. The Bertz CT molecular complexity index is 440. The molecule has 6 heteroatoms. The van der Waals surface area contributed by atoms with Gasteiger partial charge in [0.2, 0.25) is 5.91 Å². The summed E-state index contributed by atoms with van der Waals surface area (Å²) in [4.78, 5) is 22.8. The zero-order valence-corrected chi connectivity index (χ0v) is 11.0. The zero-order valence-electron chi connectivity index (χ0n) is 11.0. The zero-order chi connectivity index (χ0) is 15.4. The van der Waals surface area contributed by atoms with E-state index >= 15 is 0 Å². The molecule has 0 unspecified atom stereocenters. The second kappa shape index (κ2) is 5.86. The molecule has 0 bridgehead atoms. The molecule has 0 heterocycles. The lowest BCUT2D eigenvalue weighted by Crippen LogP contribution is -2.37. The molecule has 0 aliphatic carbocycles. The van der Waals surface area contributed by atoms with Crippen LogP contribution in [0.2, 0.25) is 0 Å². The van der Waals surface area contributed by atoms with Crippen LogP contribution in [0.1, 0.15) is 20.8 Å². The highest BCUT2D eigenvalue weighted by atomic mass is 19.4. The first-order chi connectivity index (χ1) is 8.41. The minimum atomic E-state index is -5.04. The van der Waals surface area contributed by atoms with Crippen molar-refractivity contribution in [1.82, 2.24) is 5.32 Å². The molecule has 0 radical (unpaired) electrons. The van der Waals surface area contributed by atoms with Crippen LogP contribution in [-0.2, 0) is 9.59 Å². The average Bonchev–Trinajstić information content (AvgIpc) is 2.23. The summed E-state index contributed by atoms with van der Waals surface area (Å²) < 4.78 is 36.9. The van der Waals surface area contributed by atoms with Crippen molar-refractivity contribution in [2.75, 3.05) is 0 Å². The SMILES string of the molecule is C=C/C=C(/NC(=O)C(C)(C)C)C(=C)C(=O)C(F)(F)F. The number of carbonyl (C=O) groups is 2. The normalized spacial score (nSPS) is 12.8. The first-order valence-corrected chi connectivity index (χ1v) is 5.36. The van der Waals surface area contributed by atoms with E-state index in [9.17, 15) is 22.8 Å². The number of Topliss-reactive ketones (excluding diaryl/α,β-unsaturated/α-hetero) is 1. The van der Waals surface area contributed by atoms with Crippen molar-refractivity contribution in [2.24, 2.45) is 5.41 Å². The minimum Gasteiger partial charge on any atom is -0.325 e. The quantitative estimate of drug-likeness (QED) is 0.633. The lowest BCUT2D eigenvalue weighted by atomic mass is 9.95. The number of alkyl halides is 3. The van der Waals surface area contributed by atoms with Crippen LogP contribution in [0.25, 0.3) is 0 Å². The number of hydrogen-bond acceptors (Lipinski definition) is 2. The summed E-state index contributed by atoms with van der Waals surface area (Å²) in [6, 6.07) is 0. The fourth-order valence-corrected chi connectivity index (χ4v) is 0.939. The van der Waals surface area contributed by atoms with Gasteiger partial charge in [-0.05, 0) is 6.08 Å². The summed E-state index contributed by atoms with van der Waals surface area (Å²) in [7, 11) is 0. The van der Waals surface area contributed by atoms with Gasteiger partial charge in [0.1, 0.15) is 0 Å². The third kappa shape index (κ3) is 5.11. The van der Waals surface area contributed by atoms with Gasteiger partial charge in [0.25, 0.3) is 5.78 Å². The molecule has 1 N–H and O–H groups in total. The fourth-order valence-electron chi connectivity index (χ4n) is 0.939. The molecule has 0 aromatic heterocycles. The van der Waals surface area contributed by atoms with Crippen molar-refractivity contribution >= 4 is 11.7 Å². The molecule has 0 fully saturated rings. The number of allylic oxidation sites excluding steroid dienone is 3. The number of nitrogens with one attached hydrogen (secondary N) is 1. The summed E-state index contributed by atoms with van der Waals surface area (Å²) in [5.74, 6) is -2.63. The van der Waals surface area contributed by atoms with Gasteiger partial charge in [-0.15, -0.1) is 0 Å². The van der Waals surface area contributed by atoms with E-state index in [0.29, 0.717) is 0 Å². The van der Waals surface area contributed by atoms with E-state index in [1.807, 2.05) is 0 Å². The van der Waals surface area contributed by atoms with Crippen molar-refractivity contribution in [3.63, 3.8) is 0 Å². The Labute approximate surface area is 109 Å². The third-order valence-corrected chi connectivity index (χ3v) is 2.07. The van der Waals surface area contributed by atoms with E-state index in [1.165, 1.54) is 0 Å². The summed E-state index contributed by atoms with van der Waals surface area (Å²) in [5.41, 5.74) is -1.95. The summed E-state index contributed by atoms with van der Waals surface area (Å²) in [5, 5.41) is 2.24. The summed E-state index contributed by atoms with van der Waals surface area (Å²) in [6.45, 7) is 11.1. The topological polar surface area (TPSA) is 46.2 Å². The molecule has 0 aliphatic heterocycles. The van der Waals surface area contributed by atoms with Crippen LogP contribution in [0.15, 0.2) is 36.6 Å². The van der Waals surface area contributed by atoms with Gasteiger partial charge in [-0.25, -0.2) is 0 Å². The number of rotatable bonds is 4. The molecule has 0 atom stereocenters. The minimum absolute atomic E-state index is 0.308. The van der Waals surface area contributed by atoms with Crippen LogP contribution in [-0.4, -0.2) is 17.9 Å². The predicted octanol–water partition coefficient (Wildman–Crippen LogP) is 2.91. The molecule has 0 saturated heterocycles. The highest BCUT2D eigenvalue weighted by Crippen LogP contribution is 2.23. The van der Waals surface area contributed by atoms with Crippen molar-refractivity contribution in [3.05, 3.63) is 36.6 Å². The number of ketones is 1. The standard InChI is InChI=1S/C13H16F3NO2/c1-6-7-9(17-11(19)12(3,4)5)8(2)10(18)13(14,15)16/h6-7H,1-2H2,3-5H3,(H,17,19)/b9-7+. The second-order valence-corrected chi connectivity index (χ2v) is 4.83. The van der Waals surface area contributed by atoms with Crippen LogP contribution < -0.4 is 5.32 Å². The molecule has 106 valence electrons. The monoisotopic (exact) mass is 275 g/mol.